The number of fused-ring (bicyclic) bond motifs is 3. The lowest BCUT2D eigenvalue weighted by Crippen LogP contribution is -2.41. The Morgan fingerprint density at radius 2 is 2.13 bits per heavy atom. The topological polar surface area (TPSA) is 102 Å². The molecule has 2 aliphatic heterocycles. The predicted molar refractivity (Wildman–Crippen MR) is 116 cm³/mol. The smallest absolute Gasteiger partial charge is 0.231 e. The van der Waals surface area contributed by atoms with E-state index in [0.29, 0.717) is 11.7 Å². The molecule has 0 spiro atoms. The maximum atomic E-state index is 12.9. The molecule has 10 heteroatoms. The maximum Gasteiger partial charge on any atom is 0.231 e. The van der Waals surface area contributed by atoms with Crippen LogP contribution in [0.1, 0.15) is 49.9 Å². The molecule has 5 heterocycles. The van der Waals surface area contributed by atoms with E-state index in [2.05, 4.69) is 34.9 Å². The van der Waals surface area contributed by atoms with E-state index >= 15 is 0 Å². The van der Waals surface area contributed by atoms with Crippen molar-refractivity contribution in [3.63, 3.8) is 0 Å². The molecule has 1 fully saturated rings. The van der Waals surface area contributed by atoms with Gasteiger partial charge in [-0.1, -0.05) is 24.7 Å². The number of carbonyl (C=O) groups is 1. The number of amides is 1. The maximum absolute atomic E-state index is 12.9. The van der Waals surface area contributed by atoms with Gasteiger partial charge in [0, 0.05) is 26.1 Å². The van der Waals surface area contributed by atoms with E-state index in [1.165, 1.54) is 24.2 Å². The number of rotatable bonds is 4. The van der Waals surface area contributed by atoms with Crippen LogP contribution >= 0.6 is 11.3 Å². The van der Waals surface area contributed by atoms with Gasteiger partial charge in [-0.25, -0.2) is 15.0 Å². The van der Waals surface area contributed by atoms with Crippen LogP contribution in [0, 0.1) is 5.92 Å². The summed E-state index contributed by atoms with van der Waals surface area (Å²) in [7, 11) is 0. The van der Waals surface area contributed by atoms with E-state index in [1.807, 2.05) is 6.92 Å². The van der Waals surface area contributed by atoms with Gasteiger partial charge >= 0.3 is 0 Å². The van der Waals surface area contributed by atoms with Crippen molar-refractivity contribution in [3.8, 4) is 0 Å². The minimum atomic E-state index is -0.113. The number of aromatic nitrogens is 6. The first-order valence-electron chi connectivity index (χ1n) is 10.8. The zero-order chi connectivity index (χ0) is 20.5. The summed E-state index contributed by atoms with van der Waals surface area (Å²) in [6.07, 6.45) is 8.81. The molecule has 30 heavy (non-hydrogen) atoms. The predicted octanol–water partition coefficient (Wildman–Crippen LogP) is 2.82. The van der Waals surface area contributed by atoms with Crippen LogP contribution in [0.4, 0.5) is 10.9 Å². The molecule has 3 aromatic rings. The molecule has 1 unspecified atom stereocenters. The number of nitrogens with one attached hydrogen (secondary N) is 1. The summed E-state index contributed by atoms with van der Waals surface area (Å²) in [6.45, 7) is 4.49. The monoisotopic (exact) mass is 426 g/mol. The van der Waals surface area contributed by atoms with Gasteiger partial charge in [-0.2, -0.15) is 0 Å². The third-order valence-electron chi connectivity index (χ3n) is 5.96. The second-order valence-electron chi connectivity index (χ2n) is 7.99. The lowest BCUT2D eigenvalue weighted by atomic mass is 9.97. The number of piperidine rings is 1. The second kappa shape index (κ2) is 8.25. The van der Waals surface area contributed by atoms with Crippen molar-refractivity contribution in [3.05, 3.63) is 17.2 Å². The molecule has 0 bridgehead atoms. The van der Waals surface area contributed by atoms with Crippen molar-refractivity contribution in [2.45, 2.75) is 58.4 Å². The third-order valence-corrected chi connectivity index (χ3v) is 6.95. The zero-order valence-corrected chi connectivity index (χ0v) is 18.0. The zero-order valence-electron chi connectivity index (χ0n) is 17.2. The van der Waals surface area contributed by atoms with Crippen LogP contribution in [-0.4, -0.2) is 48.7 Å². The Labute approximate surface area is 179 Å². The van der Waals surface area contributed by atoms with Gasteiger partial charge in [-0.05, 0) is 32.1 Å². The summed E-state index contributed by atoms with van der Waals surface area (Å²) >= 11 is 1.44. The highest BCUT2D eigenvalue weighted by Gasteiger charge is 2.29. The molecule has 0 aromatic carbocycles. The highest BCUT2D eigenvalue weighted by atomic mass is 32.1. The molecule has 5 rings (SSSR count). The summed E-state index contributed by atoms with van der Waals surface area (Å²) in [4.78, 5) is 29.1. The first kappa shape index (κ1) is 19.3. The van der Waals surface area contributed by atoms with Crippen LogP contribution in [0.5, 0.6) is 0 Å². The number of carbonyl (C=O) groups excluding carboxylic acids is 1. The fourth-order valence-corrected chi connectivity index (χ4v) is 5.08. The van der Waals surface area contributed by atoms with E-state index < -0.39 is 0 Å². The van der Waals surface area contributed by atoms with Crippen molar-refractivity contribution in [1.82, 2.24) is 29.7 Å². The minimum Gasteiger partial charge on any atom is -0.354 e. The molecular formula is C20H26N8OS. The van der Waals surface area contributed by atoms with Crippen molar-refractivity contribution in [1.29, 1.82) is 0 Å². The van der Waals surface area contributed by atoms with Gasteiger partial charge in [0.25, 0.3) is 0 Å². The SMILES string of the molecule is CCc1nnc(NC(=O)C2CCCN(c3ncnc4c3nc3n4CCCCC3)C2)s1. The Balaban J connectivity index is 1.37. The highest BCUT2D eigenvalue weighted by Crippen LogP contribution is 2.30. The normalized spacial score (nSPS) is 19.5. The number of aryl methyl sites for hydroxylation is 3. The van der Waals surface area contributed by atoms with Crippen molar-refractivity contribution >= 4 is 39.4 Å². The number of hydrogen-bond donors (Lipinski definition) is 1. The molecule has 0 saturated carbocycles. The number of nitrogens with zero attached hydrogens (tertiary/aromatic N) is 7. The molecule has 0 aliphatic carbocycles. The Bertz CT molecular complexity index is 1060. The Morgan fingerprint density at radius 1 is 1.20 bits per heavy atom. The fourth-order valence-electron chi connectivity index (χ4n) is 4.39. The number of hydrogen-bond acceptors (Lipinski definition) is 8. The van der Waals surface area contributed by atoms with Gasteiger partial charge < -0.3 is 14.8 Å². The summed E-state index contributed by atoms with van der Waals surface area (Å²) in [5.74, 6) is 1.85. The van der Waals surface area contributed by atoms with Gasteiger partial charge in [0.2, 0.25) is 11.0 Å². The van der Waals surface area contributed by atoms with Gasteiger partial charge in [-0.15, -0.1) is 10.2 Å². The molecule has 3 aromatic heterocycles. The van der Waals surface area contributed by atoms with Crippen LogP contribution in [-0.2, 0) is 24.2 Å². The van der Waals surface area contributed by atoms with Gasteiger partial charge in [0.1, 0.15) is 17.2 Å². The summed E-state index contributed by atoms with van der Waals surface area (Å²) < 4.78 is 2.25. The van der Waals surface area contributed by atoms with Crippen molar-refractivity contribution in [2.75, 3.05) is 23.3 Å². The lowest BCUT2D eigenvalue weighted by molar-refractivity contribution is -0.120. The van der Waals surface area contributed by atoms with E-state index in [0.717, 1.165) is 73.0 Å². The standard InChI is InChI=1S/C20H26N8OS/c1-2-15-25-26-20(30-15)24-19(29)13-7-6-9-27(11-13)17-16-18(22-12-21-17)28-10-5-3-4-8-14(28)23-16/h12-13H,2-11H2,1H3,(H,24,26,29). The third kappa shape index (κ3) is 3.64. The molecule has 1 N–H and O–H groups in total. The van der Waals surface area contributed by atoms with Gasteiger partial charge in [0.15, 0.2) is 17.0 Å². The van der Waals surface area contributed by atoms with E-state index in [-0.39, 0.29) is 11.8 Å². The summed E-state index contributed by atoms with van der Waals surface area (Å²) in [5, 5.41) is 12.6. The van der Waals surface area contributed by atoms with Crippen molar-refractivity contribution < 1.29 is 4.79 Å². The molecule has 2 aliphatic rings. The molecule has 1 atom stereocenters. The molecule has 1 amide bonds. The van der Waals surface area contributed by atoms with Gasteiger partial charge in [-0.3, -0.25) is 4.79 Å². The Morgan fingerprint density at radius 3 is 3.00 bits per heavy atom. The molecule has 9 nitrogen and oxygen atoms in total. The first-order chi connectivity index (χ1) is 14.7. The van der Waals surface area contributed by atoms with Crippen LogP contribution in [0.2, 0.25) is 0 Å². The fraction of sp³-hybridized carbons (Fsp3) is 0.600. The second-order valence-corrected chi connectivity index (χ2v) is 9.05. The first-order valence-corrected chi connectivity index (χ1v) is 11.6. The number of anilines is 2. The molecular weight excluding hydrogens is 400 g/mol. The van der Waals surface area contributed by atoms with Crippen molar-refractivity contribution in [2.24, 2.45) is 5.92 Å². The average molecular weight is 427 g/mol. The largest absolute Gasteiger partial charge is 0.354 e. The summed E-state index contributed by atoms with van der Waals surface area (Å²) in [5.41, 5.74) is 1.79. The molecule has 1 saturated heterocycles. The Hall–Kier alpha value is -2.62. The van der Waals surface area contributed by atoms with Crippen LogP contribution in [0.25, 0.3) is 11.2 Å². The Kier molecular flexibility index (Phi) is 5.32. The highest BCUT2D eigenvalue weighted by molar-refractivity contribution is 7.15. The van der Waals surface area contributed by atoms with Crippen LogP contribution < -0.4 is 10.2 Å². The minimum absolute atomic E-state index is 0.00410. The van der Waals surface area contributed by atoms with E-state index in [4.69, 9.17) is 4.98 Å². The lowest BCUT2D eigenvalue weighted by Gasteiger charge is -2.32. The average Bonchev–Trinajstić information content (AvgIpc) is 3.30. The van der Waals surface area contributed by atoms with Gasteiger partial charge in [0.05, 0.1) is 5.92 Å². The van der Waals surface area contributed by atoms with Crippen LogP contribution in [0.3, 0.4) is 0 Å². The van der Waals surface area contributed by atoms with E-state index in [9.17, 15) is 4.79 Å². The molecule has 0 radical (unpaired) electrons. The summed E-state index contributed by atoms with van der Waals surface area (Å²) in [6, 6.07) is 0. The number of imidazole rings is 1. The van der Waals surface area contributed by atoms with E-state index in [1.54, 1.807) is 6.33 Å². The van der Waals surface area contributed by atoms with Crippen LogP contribution in [0.15, 0.2) is 6.33 Å². The quantitative estimate of drug-likeness (QED) is 0.684. The molecule has 158 valence electrons.